The Kier molecular flexibility index (Phi) is 5.33. The summed E-state index contributed by atoms with van der Waals surface area (Å²) in [7, 11) is 0. The van der Waals surface area contributed by atoms with Crippen LogP contribution >= 0.6 is 15.9 Å². The van der Waals surface area contributed by atoms with Crippen LogP contribution in [0.4, 0.5) is 10.1 Å². The van der Waals surface area contributed by atoms with Crippen LogP contribution in [0, 0.1) is 15.9 Å². The highest BCUT2D eigenvalue weighted by Crippen LogP contribution is 2.27. The van der Waals surface area contributed by atoms with E-state index < -0.39 is 16.2 Å². The first-order valence-electron chi connectivity index (χ1n) is 7.19. The predicted molar refractivity (Wildman–Crippen MR) is 92.6 cm³/mol. The van der Waals surface area contributed by atoms with E-state index in [2.05, 4.69) is 21.2 Å². The van der Waals surface area contributed by atoms with Crippen molar-refractivity contribution in [1.82, 2.24) is 5.32 Å². The number of nitro benzene ring substituents is 1. The average molecular weight is 395 g/mol. The van der Waals surface area contributed by atoms with E-state index in [1.807, 2.05) is 13.8 Å². The van der Waals surface area contributed by atoms with Crippen molar-refractivity contribution in [3.8, 4) is 0 Å². The van der Waals surface area contributed by atoms with E-state index >= 15 is 0 Å². The molecule has 7 heteroatoms. The van der Waals surface area contributed by atoms with Gasteiger partial charge in [-0.3, -0.25) is 14.9 Å². The summed E-state index contributed by atoms with van der Waals surface area (Å²) in [5.74, 6) is -0.786. The fourth-order valence-corrected chi connectivity index (χ4v) is 2.69. The fourth-order valence-electron chi connectivity index (χ4n) is 2.30. The predicted octanol–water partition coefficient (Wildman–Crippen LogP) is 4.20. The zero-order valence-corrected chi connectivity index (χ0v) is 14.8. The first-order valence-corrected chi connectivity index (χ1v) is 7.99. The van der Waals surface area contributed by atoms with Crippen molar-refractivity contribution in [3.63, 3.8) is 0 Å². The maximum Gasteiger partial charge on any atom is 0.284 e. The summed E-state index contributed by atoms with van der Waals surface area (Å²) in [5, 5.41) is 13.6. The van der Waals surface area contributed by atoms with Crippen LogP contribution in [-0.2, 0) is 5.41 Å². The molecule has 0 heterocycles. The molecule has 2 aromatic carbocycles. The summed E-state index contributed by atoms with van der Waals surface area (Å²) < 4.78 is 14.2. The SMILES string of the molecule is CC(C)(CNC(=O)c1ccc(Br)c([N+](=O)[O-])c1)c1ccccc1F. The van der Waals surface area contributed by atoms with Gasteiger partial charge in [-0.2, -0.15) is 0 Å². The highest BCUT2D eigenvalue weighted by molar-refractivity contribution is 9.10. The largest absolute Gasteiger partial charge is 0.351 e. The van der Waals surface area contributed by atoms with E-state index in [-0.39, 0.29) is 23.6 Å². The quantitative estimate of drug-likeness (QED) is 0.609. The number of hydrogen-bond acceptors (Lipinski definition) is 3. The fraction of sp³-hybridized carbons (Fsp3) is 0.235. The maximum atomic E-state index is 13.9. The molecule has 0 saturated heterocycles. The number of nitrogens with one attached hydrogen (secondary N) is 1. The highest BCUT2D eigenvalue weighted by Gasteiger charge is 2.25. The number of nitro groups is 1. The third-order valence-corrected chi connectivity index (χ3v) is 4.37. The number of nitrogens with zero attached hydrogens (tertiary/aromatic N) is 1. The molecule has 2 aromatic rings. The van der Waals surface area contributed by atoms with Crippen LogP contribution in [-0.4, -0.2) is 17.4 Å². The Morgan fingerprint density at radius 1 is 1.29 bits per heavy atom. The van der Waals surface area contributed by atoms with E-state index in [1.54, 1.807) is 18.2 Å². The molecule has 24 heavy (non-hydrogen) atoms. The topological polar surface area (TPSA) is 72.2 Å². The minimum atomic E-state index is -0.623. The average Bonchev–Trinajstić information content (AvgIpc) is 2.53. The molecule has 126 valence electrons. The monoisotopic (exact) mass is 394 g/mol. The molecule has 0 spiro atoms. The van der Waals surface area contributed by atoms with Gasteiger partial charge in [0.15, 0.2) is 0 Å². The van der Waals surface area contributed by atoms with Crippen molar-refractivity contribution in [2.45, 2.75) is 19.3 Å². The second kappa shape index (κ2) is 7.09. The van der Waals surface area contributed by atoms with E-state index in [1.165, 1.54) is 24.3 Å². The lowest BCUT2D eigenvalue weighted by Crippen LogP contribution is -2.37. The summed E-state index contributed by atoms with van der Waals surface area (Å²) in [6.45, 7) is 3.82. The van der Waals surface area contributed by atoms with E-state index in [0.717, 1.165) is 0 Å². The highest BCUT2D eigenvalue weighted by atomic mass is 79.9. The second-order valence-electron chi connectivity index (χ2n) is 5.97. The van der Waals surface area contributed by atoms with Gasteiger partial charge in [-0.25, -0.2) is 4.39 Å². The molecule has 0 aliphatic carbocycles. The van der Waals surface area contributed by atoms with Gasteiger partial charge in [-0.05, 0) is 39.7 Å². The number of benzene rings is 2. The lowest BCUT2D eigenvalue weighted by molar-refractivity contribution is -0.385. The normalized spacial score (nSPS) is 11.2. The summed E-state index contributed by atoms with van der Waals surface area (Å²) in [5.41, 5.74) is -0.139. The Morgan fingerprint density at radius 3 is 2.58 bits per heavy atom. The number of amides is 1. The van der Waals surface area contributed by atoms with Crippen molar-refractivity contribution in [2.75, 3.05) is 6.54 Å². The Morgan fingerprint density at radius 2 is 1.96 bits per heavy atom. The Hall–Kier alpha value is -2.28. The van der Waals surface area contributed by atoms with Crippen molar-refractivity contribution in [1.29, 1.82) is 0 Å². The maximum absolute atomic E-state index is 13.9. The van der Waals surface area contributed by atoms with Gasteiger partial charge in [-0.1, -0.05) is 32.0 Å². The number of carbonyl (C=O) groups excluding carboxylic acids is 1. The van der Waals surface area contributed by atoms with Crippen molar-refractivity contribution >= 4 is 27.5 Å². The molecule has 1 N–H and O–H groups in total. The molecule has 0 aliphatic rings. The van der Waals surface area contributed by atoms with Crippen molar-refractivity contribution in [3.05, 3.63) is 74.0 Å². The van der Waals surface area contributed by atoms with Gasteiger partial charge in [0.05, 0.1) is 9.40 Å². The molecule has 0 bridgehead atoms. The van der Waals surface area contributed by atoms with Gasteiger partial charge in [0.1, 0.15) is 5.82 Å². The lowest BCUT2D eigenvalue weighted by Gasteiger charge is -2.26. The van der Waals surface area contributed by atoms with Crippen LogP contribution in [0.15, 0.2) is 46.9 Å². The Balaban J connectivity index is 2.15. The van der Waals surface area contributed by atoms with E-state index in [0.29, 0.717) is 10.0 Å². The molecule has 0 aromatic heterocycles. The molecule has 1 amide bonds. The molecular formula is C17H16BrFN2O3. The van der Waals surface area contributed by atoms with Gasteiger partial charge in [0, 0.05) is 23.6 Å². The van der Waals surface area contributed by atoms with E-state index in [4.69, 9.17) is 0 Å². The van der Waals surface area contributed by atoms with Crippen molar-refractivity contribution in [2.24, 2.45) is 0 Å². The molecule has 0 unspecified atom stereocenters. The summed E-state index contributed by atoms with van der Waals surface area (Å²) in [6, 6.07) is 10.5. The van der Waals surface area contributed by atoms with Crippen LogP contribution in [0.25, 0.3) is 0 Å². The van der Waals surface area contributed by atoms with Crippen LogP contribution in [0.3, 0.4) is 0 Å². The molecule has 0 saturated carbocycles. The molecule has 2 rings (SSSR count). The van der Waals surface area contributed by atoms with Crippen molar-refractivity contribution < 1.29 is 14.1 Å². The minimum Gasteiger partial charge on any atom is -0.351 e. The summed E-state index contributed by atoms with van der Waals surface area (Å²) >= 11 is 3.07. The van der Waals surface area contributed by atoms with Gasteiger partial charge >= 0.3 is 0 Å². The molecule has 0 aliphatic heterocycles. The Bertz CT molecular complexity index is 793. The third kappa shape index (κ3) is 3.97. The number of carbonyl (C=O) groups is 1. The number of rotatable bonds is 5. The zero-order valence-electron chi connectivity index (χ0n) is 13.2. The zero-order chi connectivity index (χ0) is 17.9. The van der Waals surface area contributed by atoms with Gasteiger partial charge < -0.3 is 5.32 Å². The Labute approximate surface area is 147 Å². The standard InChI is InChI=1S/C17H16BrFN2O3/c1-17(2,12-5-3-4-6-14(12)19)10-20-16(22)11-7-8-13(18)15(9-11)21(23)24/h3-9H,10H2,1-2H3,(H,20,22). The molecule has 5 nitrogen and oxygen atoms in total. The second-order valence-corrected chi connectivity index (χ2v) is 6.82. The number of hydrogen-bond donors (Lipinski definition) is 1. The van der Waals surface area contributed by atoms with Gasteiger partial charge in [0.25, 0.3) is 11.6 Å². The summed E-state index contributed by atoms with van der Waals surface area (Å²) in [6.07, 6.45) is 0. The number of halogens is 2. The molecule has 0 atom stereocenters. The molecular weight excluding hydrogens is 379 g/mol. The minimum absolute atomic E-state index is 0.175. The van der Waals surface area contributed by atoms with Crippen LogP contribution < -0.4 is 5.32 Å². The van der Waals surface area contributed by atoms with E-state index in [9.17, 15) is 19.3 Å². The van der Waals surface area contributed by atoms with Gasteiger partial charge in [0.2, 0.25) is 0 Å². The van der Waals surface area contributed by atoms with Crippen LogP contribution in [0.1, 0.15) is 29.8 Å². The first kappa shape index (κ1) is 18.1. The van der Waals surface area contributed by atoms with Crippen LogP contribution in [0.2, 0.25) is 0 Å². The molecule has 0 radical (unpaired) electrons. The smallest absolute Gasteiger partial charge is 0.284 e. The lowest BCUT2D eigenvalue weighted by atomic mass is 9.84. The third-order valence-electron chi connectivity index (χ3n) is 3.70. The van der Waals surface area contributed by atoms with Gasteiger partial charge in [-0.15, -0.1) is 0 Å². The van der Waals surface area contributed by atoms with Crippen LogP contribution in [0.5, 0.6) is 0 Å². The summed E-state index contributed by atoms with van der Waals surface area (Å²) in [4.78, 5) is 22.6. The first-order chi connectivity index (χ1) is 11.2. The molecule has 0 fully saturated rings.